The number of aromatic nitrogens is 2. The SMILES string of the molecule is Cn1nc(NC(=O)C[C@](C)(O)C2CC(F)(F)C2)c(C2CCC2)c1-c1ccc(F)cc1. The Hall–Kier alpha value is -2.35. The first kappa shape index (κ1) is 20.9. The highest BCUT2D eigenvalue weighted by molar-refractivity contribution is 5.92. The van der Waals surface area contributed by atoms with Crippen molar-refractivity contribution in [3.63, 3.8) is 0 Å². The minimum absolute atomic E-state index is 0.236. The highest BCUT2D eigenvalue weighted by atomic mass is 19.3. The molecule has 2 aliphatic carbocycles. The van der Waals surface area contributed by atoms with E-state index in [0.717, 1.165) is 36.1 Å². The molecule has 162 valence electrons. The van der Waals surface area contributed by atoms with Crippen molar-refractivity contribution in [1.29, 1.82) is 0 Å². The summed E-state index contributed by atoms with van der Waals surface area (Å²) in [5, 5.41) is 17.8. The van der Waals surface area contributed by atoms with Gasteiger partial charge in [-0.05, 0) is 55.9 Å². The number of benzene rings is 1. The number of hydrogen-bond donors (Lipinski definition) is 2. The number of nitrogens with one attached hydrogen (secondary N) is 1. The number of halogens is 3. The number of aryl methyl sites for hydroxylation is 1. The van der Waals surface area contributed by atoms with Gasteiger partial charge in [0.25, 0.3) is 0 Å². The van der Waals surface area contributed by atoms with E-state index in [2.05, 4.69) is 10.4 Å². The monoisotopic (exact) mass is 421 g/mol. The molecular formula is C22H26F3N3O2. The highest BCUT2D eigenvalue weighted by Crippen LogP contribution is 2.49. The van der Waals surface area contributed by atoms with E-state index in [4.69, 9.17) is 0 Å². The molecule has 1 heterocycles. The smallest absolute Gasteiger partial charge is 0.248 e. The summed E-state index contributed by atoms with van der Waals surface area (Å²) < 4.78 is 41.4. The van der Waals surface area contributed by atoms with Crippen LogP contribution in [0, 0.1) is 11.7 Å². The van der Waals surface area contributed by atoms with Crippen LogP contribution < -0.4 is 5.32 Å². The summed E-state index contributed by atoms with van der Waals surface area (Å²) in [6, 6.07) is 6.14. The molecule has 0 radical (unpaired) electrons. The second kappa shape index (κ2) is 7.41. The first-order valence-electron chi connectivity index (χ1n) is 10.3. The summed E-state index contributed by atoms with van der Waals surface area (Å²) in [6.45, 7) is 1.43. The zero-order valence-electron chi connectivity index (χ0n) is 17.1. The molecule has 1 aromatic carbocycles. The Morgan fingerprint density at radius 3 is 2.47 bits per heavy atom. The Kier molecular flexibility index (Phi) is 5.16. The van der Waals surface area contributed by atoms with Gasteiger partial charge in [0.2, 0.25) is 11.8 Å². The van der Waals surface area contributed by atoms with Crippen LogP contribution in [0.2, 0.25) is 0 Å². The minimum atomic E-state index is -2.76. The average molecular weight is 421 g/mol. The van der Waals surface area contributed by atoms with Gasteiger partial charge in [-0.25, -0.2) is 13.2 Å². The fourth-order valence-electron chi connectivity index (χ4n) is 4.41. The van der Waals surface area contributed by atoms with Crippen LogP contribution >= 0.6 is 0 Å². The minimum Gasteiger partial charge on any atom is -0.389 e. The molecule has 2 N–H and O–H groups in total. The maximum absolute atomic E-state index is 13.4. The summed E-state index contributed by atoms with van der Waals surface area (Å²) in [5.74, 6) is -3.50. The lowest BCUT2D eigenvalue weighted by Gasteiger charge is -2.43. The number of carbonyl (C=O) groups is 1. The highest BCUT2D eigenvalue weighted by Gasteiger charge is 2.53. The molecule has 2 fully saturated rings. The van der Waals surface area contributed by atoms with Crippen LogP contribution in [0.5, 0.6) is 0 Å². The van der Waals surface area contributed by atoms with Crippen molar-refractivity contribution >= 4 is 11.7 Å². The van der Waals surface area contributed by atoms with E-state index in [1.807, 2.05) is 0 Å². The van der Waals surface area contributed by atoms with Gasteiger partial charge in [0.15, 0.2) is 5.82 Å². The maximum Gasteiger partial charge on any atom is 0.248 e. The Labute approximate surface area is 173 Å². The number of anilines is 1. The molecular weight excluding hydrogens is 395 g/mol. The van der Waals surface area contributed by atoms with Crippen LogP contribution in [0.1, 0.15) is 56.9 Å². The molecule has 0 saturated heterocycles. The van der Waals surface area contributed by atoms with Crippen LogP contribution in [-0.2, 0) is 11.8 Å². The third-order valence-electron chi connectivity index (χ3n) is 6.46. The Morgan fingerprint density at radius 2 is 1.93 bits per heavy atom. The normalized spacial score (nSPS) is 20.9. The second-order valence-electron chi connectivity index (χ2n) is 8.91. The summed E-state index contributed by atoms with van der Waals surface area (Å²) in [4.78, 5) is 12.7. The second-order valence-corrected chi connectivity index (χ2v) is 8.91. The molecule has 8 heteroatoms. The predicted molar refractivity (Wildman–Crippen MR) is 107 cm³/mol. The standard InChI is InChI=1S/C22H26F3N3O2/c1-21(30,15-10-22(24,25)11-15)12-17(29)26-20-18(13-4-3-5-13)19(28(2)27-20)14-6-8-16(23)9-7-14/h6-9,13,15,30H,3-5,10-12H2,1-2H3,(H,26,27,29)/t21-/m0/s1. The van der Waals surface area contributed by atoms with Gasteiger partial charge in [-0.15, -0.1) is 0 Å². The molecule has 2 aliphatic rings. The third-order valence-corrected chi connectivity index (χ3v) is 6.46. The molecule has 1 atom stereocenters. The van der Waals surface area contributed by atoms with E-state index in [1.54, 1.807) is 23.9 Å². The van der Waals surface area contributed by atoms with Crippen LogP contribution in [0.15, 0.2) is 24.3 Å². The van der Waals surface area contributed by atoms with E-state index in [0.29, 0.717) is 5.82 Å². The van der Waals surface area contributed by atoms with Crippen molar-refractivity contribution in [3.05, 3.63) is 35.6 Å². The zero-order valence-corrected chi connectivity index (χ0v) is 17.1. The third kappa shape index (κ3) is 3.97. The molecule has 4 rings (SSSR count). The number of hydrogen-bond acceptors (Lipinski definition) is 3. The zero-order chi connectivity index (χ0) is 21.7. The molecule has 1 amide bonds. The van der Waals surface area contributed by atoms with E-state index >= 15 is 0 Å². The Balaban J connectivity index is 1.56. The summed E-state index contributed by atoms with van der Waals surface area (Å²) in [6.07, 6.45) is 1.94. The van der Waals surface area contributed by atoms with E-state index in [1.165, 1.54) is 19.1 Å². The Morgan fingerprint density at radius 1 is 1.30 bits per heavy atom. The van der Waals surface area contributed by atoms with Gasteiger partial charge in [-0.2, -0.15) is 5.10 Å². The quantitative estimate of drug-likeness (QED) is 0.715. The number of carbonyl (C=O) groups excluding carboxylic acids is 1. The van der Waals surface area contributed by atoms with Gasteiger partial charge in [-0.1, -0.05) is 6.42 Å². The molecule has 0 unspecified atom stereocenters. The van der Waals surface area contributed by atoms with Gasteiger partial charge in [-0.3, -0.25) is 9.48 Å². The number of aliphatic hydroxyl groups is 1. The molecule has 30 heavy (non-hydrogen) atoms. The number of rotatable bonds is 6. The molecule has 0 aliphatic heterocycles. The van der Waals surface area contributed by atoms with Gasteiger partial charge >= 0.3 is 0 Å². The molecule has 2 aromatic rings. The van der Waals surface area contributed by atoms with Crippen molar-refractivity contribution in [1.82, 2.24) is 9.78 Å². The molecule has 5 nitrogen and oxygen atoms in total. The van der Waals surface area contributed by atoms with Gasteiger partial charge < -0.3 is 10.4 Å². The van der Waals surface area contributed by atoms with E-state index in [9.17, 15) is 23.1 Å². The molecule has 0 spiro atoms. The number of nitrogens with zero attached hydrogens (tertiary/aromatic N) is 2. The van der Waals surface area contributed by atoms with E-state index < -0.39 is 36.2 Å². The summed E-state index contributed by atoms with van der Waals surface area (Å²) >= 11 is 0. The maximum atomic E-state index is 13.4. The molecule has 2 saturated carbocycles. The summed E-state index contributed by atoms with van der Waals surface area (Å²) in [7, 11) is 1.77. The fraction of sp³-hybridized carbons (Fsp3) is 0.545. The number of amides is 1. The number of alkyl halides is 2. The predicted octanol–water partition coefficient (Wildman–Crippen LogP) is 4.62. The molecule has 1 aromatic heterocycles. The lowest BCUT2D eigenvalue weighted by molar-refractivity contribution is -0.174. The van der Waals surface area contributed by atoms with Crippen molar-refractivity contribution < 1.29 is 23.1 Å². The van der Waals surface area contributed by atoms with E-state index in [-0.39, 0.29) is 18.2 Å². The van der Waals surface area contributed by atoms with Crippen molar-refractivity contribution in [2.24, 2.45) is 13.0 Å². The van der Waals surface area contributed by atoms with Crippen LogP contribution in [0.4, 0.5) is 19.0 Å². The lowest BCUT2D eigenvalue weighted by Crippen LogP contribution is -2.50. The van der Waals surface area contributed by atoms with Crippen LogP contribution in [-0.4, -0.2) is 32.3 Å². The van der Waals surface area contributed by atoms with Crippen LogP contribution in [0.3, 0.4) is 0 Å². The van der Waals surface area contributed by atoms with Gasteiger partial charge in [0.05, 0.1) is 17.7 Å². The first-order valence-corrected chi connectivity index (χ1v) is 10.3. The van der Waals surface area contributed by atoms with Gasteiger partial charge in [0.1, 0.15) is 5.82 Å². The van der Waals surface area contributed by atoms with Gasteiger partial charge in [0, 0.05) is 31.0 Å². The van der Waals surface area contributed by atoms with Crippen LogP contribution in [0.25, 0.3) is 11.3 Å². The van der Waals surface area contributed by atoms with Crippen molar-refractivity contribution in [3.8, 4) is 11.3 Å². The first-order chi connectivity index (χ1) is 14.1. The summed E-state index contributed by atoms with van der Waals surface area (Å²) in [5.41, 5.74) is 1.02. The topological polar surface area (TPSA) is 67.2 Å². The Bertz CT molecular complexity index is 941. The van der Waals surface area contributed by atoms with Crippen molar-refractivity contribution in [2.45, 2.75) is 62.9 Å². The fourth-order valence-corrected chi connectivity index (χ4v) is 4.41. The van der Waals surface area contributed by atoms with Crippen molar-refractivity contribution in [2.75, 3.05) is 5.32 Å². The largest absolute Gasteiger partial charge is 0.389 e. The molecule has 0 bridgehead atoms. The average Bonchev–Trinajstić information content (AvgIpc) is 2.87. The lowest BCUT2D eigenvalue weighted by atomic mass is 9.70.